The Hall–Kier alpha value is -0.800. The summed E-state index contributed by atoms with van der Waals surface area (Å²) in [5, 5.41) is 0.676. The number of nitrogens with zero attached hydrogens (tertiary/aromatic N) is 2. The summed E-state index contributed by atoms with van der Waals surface area (Å²) < 4.78 is 5.46. The summed E-state index contributed by atoms with van der Waals surface area (Å²) in [5.41, 5.74) is 0. The molecule has 0 amide bonds. The zero-order valence-corrected chi connectivity index (χ0v) is 8.87. The Balaban J connectivity index is 2.10. The largest absolute Gasteiger partial charge is 0.375 e. The van der Waals surface area contributed by atoms with Crippen LogP contribution in [0.5, 0.6) is 0 Å². The number of anilines is 1. The van der Waals surface area contributed by atoms with Crippen LogP contribution in [0.15, 0.2) is 18.3 Å². The van der Waals surface area contributed by atoms with Crippen LogP contribution in [0.4, 0.5) is 5.82 Å². The van der Waals surface area contributed by atoms with Crippen molar-refractivity contribution in [1.29, 1.82) is 0 Å². The number of halogens is 1. The first kappa shape index (κ1) is 9.74. The van der Waals surface area contributed by atoms with Gasteiger partial charge in [-0.3, -0.25) is 0 Å². The second kappa shape index (κ2) is 4.15. The number of morpholine rings is 1. The maximum absolute atomic E-state index is 5.77. The van der Waals surface area contributed by atoms with Gasteiger partial charge in [0.1, 0.15) is 5.82 Å². The molecule has 1 aliphatic heterocycles. The molecule has 0 N–H and O–H groups in total. The van der Waals surface area contributed by atoms with Crippen molar-refractivity contribution in [3.63, 3.8) is 0 Å². The number of rotatable bonds is 1. The van der Waals surface area contributed by atoms with Crippen LogP contribution in [0.3, 0.4) is 0 Å². The van der Waals surface area contributed by atoms with Gasteiger partial charge in [0.25, 0.3) is 0 Å². The van der Waals surface area contributed by atoms with E-state index in [-0.39, 0.29) is 6.10 Å². The Kier molecular flexibility index (Phi) is 2.89. The molecule has 1 fully saturated rings. The quantitative estimate of drug-likeness (QED) is 0.712. The van der Waals surface area contributed by atoms with Crippen molar-refractivity contribution in [3.8, 4) is 0 Å². The van der Waals surface area contributed by atoms with Gasteiger partial charge in [-0.2, -0.15) is 0 Å². The molecule has 0 saturated carbocycles. The highest BCUT2D eigenvalue weighted by Gasteiger charge is 2.17. The van der Waals surface area contributed by atoms with Crippen molar-refractivity contribution in [3.05, 3.63) is 23.4 Å². The molecule has 0 bridgehead atoms. The van der Waals surface area contributed by atoms with Crippen molar-refractivity contribution in [1.82, 2.24) is 4.98 Å². The van der Waals surface area contributed by atoms with E-state index in [1.807, 2.05) is 12.1 Å². The Bertz CT molecular complexity index is 301. The van der Waals surface area contributed by atoms with Gasteiger partial charge in [0, 0.05) is 19.3 Å². The molecular formula is C10H13ClN2O. The van der Waals surface area contributed by atoms with E-state index in [2.05, 4.69) is 16.8 Å². The lowest BCUT2D eigenvalue weighted by Gasteiger charge is -2.31. The summed E-state index contributed by atoms with van der Waals surface area (Å²) in [6, 6.07) is 3.81. The van der Waals surface area contributed by atoms with Gasteiger partial charge in [-0.05, 0) is 19.1 Å². The van der Waals surface area contributed by atoms with Gasteiger partial charge in [0.2, 0.25) is 0 Å². The van der Waals surface area contributed by atoms with Crippen LogP contribution in [0.25, 0.3) is 0 Å². The zero-order chi connectivity index (χ0) is 9.97. The molecule has 3 nitrogen and oxygen atoms in total. The molecule has 1 aliphatic rings. The Morgan fingerprint density at radius 2 is 2.43 bits per heavy atom. The normalized spacial score (nSPS) is 22.4. The number of aromatic nitrogens is 1. The molecule has 4 heteroatoms. The van der Waals surface area contributed by atoms with Gasteiger partial charge in [0.05, 0.1) is 17.7 Å². The number of pyridine rings is 1. The molecule has 76 valence electrons. The second-order valence-electron chi connectivity index (χ2n) is 3.46. The topological polar surface area (TPSA) is 25.4 Å². The zero-order valence-electron chi connectivity index (χ0n) is 8.11. The highest BCUT2D eigenvalue weighted by atomic mass is 35.5. The first-order chi connectivity index (χ1) is 6.75. The third-order valence-corrected chi connectivity index (χ3v) is 2.50. The van der Waals surface area contributed by atoms with Crippen molar-refractivity contribution in [2.45, 2.75) is 13.0 Å². The van der Waals surface area contributed by atoms with Crippen molar-refractivity contribution >= 4 is 17.4 Å². The molecule has 0 radical (unpaired) electrons. The van der Waals surface area contributed by atoms with Crippen molar-refractivity contribution in [2.24, 2.45) is 0 Å². The van der Waals surface area contributed by atoms with Crippen LogP contribution in [-0.2, 0) is 4.74 Å². The van der Waals surface area contributed by atoms with E-state index in [4.69, 9.17) is 16.3 Å². The molecule has 1 aromatic heterocycles. The predicted molar refractivity (Wildman–Crippen MR) is 56.9 cm³/mol. The third-order valence-electron chi connectivity index (χ3n) is 2.28. The number of hydrogen-bond donors (Lipinski definition) is 0. The highest BCUT2D eigenvalue weighted by molar-refractivity contribution is 6.30. The van der Waals surface area contributed by atoms with Crippen molar-refractivity contribution < 1.29 is 4.74 Å². The summed E-state index contributed by atoms with van der Waals surface area (Å²) >= 11 is 5.77. The fourth-order valence-corrected chi connectivity index (χ4v) is 1.69. The monoisotopic (exact) mass is 212 g/mol. The van der Waals surface area contributed by atoms with Crippen LogP contribution < -0.4 is 4.90 Å². The SMILES string of the molecule is CC1CN(c2ccc(Cl)cn2)CCO1. The summed E-state index contributed by atoms with van der Waals surface area (Å²) in [7, 11) is 0. The molecular weight excluding hydrogens is 200 g/mol. The summed E-state index contributed by atoms with van der Waals surface area (Å²) in [5.74, 6) is 0.976. The highest BCUT2D eigenvalue weighted by Crippen LogP contribution is 2.16. The van der Waals surface area contributed by atoms with Gasteiger partial charge < -0.3 is 9.64 Å². The first-order valence-corrected chi connectivity index (χ1v) is 5.11. The van der Waals surface area contributed by atoms with E-state index in [0.29, 0.717) is 5.02 Å². The smallest absolute Gasteiger partial charge is 0.128 e. The summed E-state index contributed by atoms with van der Waals surface area (Å²) in [6.07, 6.45) is 1.96. The average Bonchev–Trinajstić information content (AvgIpc) is 2.19. The average molecular weight is 213 g/mol. The fourth-order valence-electron chi connectivity index (χ4n) is 1.58. The lowest BCUT2D eigenvalue weighted by Crippen LogP contribution is -2.41. The van der Waals surface area contributed by atoms with Crippen LogP contribution in [0.2, 0.25) is 5.02 Å². The van der Waals surface area contributed by atoms with E-state index in [0.717, 1.165) is 25.5 Å². The molecule has 0 aliphatic carbocycles. The maximum Gasteiger partial charge on any atom is 0.128 e. The Morgan fingerprint density at radius 3 is 3.07 bits per heavy atom. The standard InChI is InChI=1S/C10H13ClN2O/c1-8-7-13(4-5-14-8)10-3-2-9(11)6-12-10/h2-3,6,8H,4-5,7H2,1H3. The Labute approximate surface area is 88.6 Å². The van der Waals surface area contributed by atoms with E-state index < -0.39 is 0 Å². The van der Waals surface area contributed by atoms with Gasteiger partial charge in [-0.1, -0.05) is 11.6 Å². The van der Waals surface area contributed by atoms with E-state index in [1.54, 1.807) is 6.20 Å². The fraction of sp³-hybridized carbons (Fsp3) is 0.500. The first-order valence-electron chi connectivity index (χ1n) is 4.74. The molecule has 0 spiro atoms. The van der Waals surface area contributed by atoms with Gasteiger partial charge in [-0.25, -0.2) is 4.98 Å². The maximum atomic E-state index is 5.77. The molecule has 1 saturated heterocycles. The summed E-state index contributed by atoms with van der Waals surface area (Å²) in [6.45, 7) is 4.64. The molecule has 14 heavy (non-hydrogen) atoms. The minimum absolute atomic E-state index is 0.279. The van der Waals surface area contributed by atoms with E-state index in [1.165, 1.54) is 0 Å². The second-order valence-corrected chi connectivity index (χ2v) is 3.90. The molecule has 1 atom stereocenters. The van der Waals surface area contributed by atoms with Crippen LogP contribution >= 0.6 is 11.6 Å². The van der Waals surface area contributed by atoms with Crippen LogP contribution in [0.1, 0.15) is 6.92 Å². The number of ether oxygens (including phenoxy) is 1. The van der Waals surface area contributed by atoms with E-state index >= 15 is 0 Å². The molecule has 2 heterocycles. The van der Waals surface area contributed by atoms with Crippen LogP contribution in [-0.4, -0.2) is 30.8 Å². The van der Waals surface area contributed by atoms with E-state index in [9.17, 15) is 0 Å². The molecule has 0 aromatic carbocycles. The molecule has 2 rings (SSSR count). The van der Waals surface area contributed by atoms with Gasteiger partial charge >= 0.3 is 0 Å². The lowest BCUT2D eigenvalue weighted by atomic mass is 10.3. The molecule has 1 unspecified atom stereocenters. The minimum Gasteiger partial charge on any atom is -0.375 e. The minimum atomic E-state index is 0.279. The van der Waals surface area contributed by atoms with Gasteiger partial charge in [0.15, 0.2) is 0 Å². The van der Waals surface area contributed by atoms with Crippen LogP contribution in [0, 0.1) is 0 Å². The van der Waals surface area contributed by atoms with Gasteiger partial charge in [-0.15, -0.1) is 0 Å². The molecule has 1 aromatic rings. The Morgan fingerprint density at radius 1 is 1.57 bits per heavy atom. The third kappa shape index (κ3) is 2.16. The predicted octanol–water partition coefficient (Wildman–Crippen LogP) is 1.96. The lowest BCUT2D eigenvalue weighted by molar-refractivity contribution is 0.0529. The number of hydrogen-bond acceptors (Lipinski definition) is 3. The summed E-state index contributed by atoms with van der Waals surface area (Å²) in [4.78, 5) is 6.49. The van der Waals surface area contributed by atoms with Crippen molar-refractivity contribution in [2.75, 3.05) is 24.6 Å².